The van der Waals surface area contributed by atoms with Gasteiger partial charge in [0.15, 0.2) is 5.76 Å². The Kier molecular flexibility index (Phi) is 4.93. The van der Waals surface area contributed by atoms with Gasteiger partial charge in [-0.05, 0) is 55.8 Å². The lowest BCUT2D eigenvalue weighted by Crippen LogP contribution is -2.14. The smallest absolute Gasteiger partial charge is 0.262 e. The second kappa shape index (κ2) is 7.01. The van der Waals surface area contributed by atoms with Crippen molar-refractivity contribution < 1.29 is 17.7 Å². The van der Waals surface area contributed by atoms with Crippen LogP contribution in [0.3, 0.4) is 0 Å². The van der Waals surface area contributed by atoms with E-state index >= 15 is 0 Å². The van der Waals surface area contributed by atoms with Gasteiger partial charge < -0.3 is 9.26 Å². The molecule has 26 heavy (non-hydrogen) atoms. The van der Waals surface area contributed by atoms with Crippen molar-refractivity contribution in [2.45, 2.75) is 18.7 Å². The second-order valence-corrected chi connectivity index (χ2v) is 7.83. The van der Waals surface area contributed by atoms with Gasteiger partial charge in [-0.2, -0.15) is 0 Å². The van der Waals surface area contributed by atoms with E-state index in [0.29, 0.717) is 27.8 Å². The fourth-order valence-electron chi connectivity index (χ4n) is 2.54. The van der Waals surface area contributed by atoms with E-state index in [0.717, 1.165) is 11.3 Å². The van der Waals surface area contributed by atoms with Gasteiger partial charge in [-0.1, -0.05) is 16.8 Å². The van der Waals surface area contributed by atoms with Crippen LogP contribution in [0.15, 0.2) is 51.9 Å². The summed E-state index contributed by atoms with van der Waals surface area (Å²) in [6.45, 7) is 3.55. The SMILES string of the molecule is COc1ccc(NS(=O)(=O)c2ccc(-c3cc(C)no3)cc2C)cc1Cl. The molecule has 0 saturated carbocycles. The van der Waals surface area contributed by atoms with Crippen molar-refractivity contribution in [3.63, 3.8) is 0 Å². The first-order valence-electron chi connectivity index (χ1n) is 7.71. The molecule has 0 radical (unpaired) electrons. The van der Waals surface area contributed by atoms with Gasteiger partial charge in [0, 0.05) is 11.6 Å². The van der Waals surface area contributed by atoms with Crippen molar-refractivity contribution in [1.82, 2.24) is 5.16 Å². The predicted octanol–water partition coefficient (Wildman–Crippen LogP) is 4.42. The van der Waals surface area contributed by atoms with Crippen molar-refractivity contribution >= 4 is 27.3 Å². The fraction of sp³-hybridized carbons (Fsp3) is 0.167. The number of nitrogens with zero attached hydrogens (tertiary/aromatic N) is 1. The Bertz CT molecular complexity index is 1060. The number of methoxy groups -OCH3 is 1. The Labute approximate surface area is 156 Å². The molecule has 0 fully saturated rings. The molecule has 8 heteroatoms. The number of halogens is 1. The van der Waals surface area contributed by atoms with Crippen LogP contribution in [0.2, 0.25) is 5.02 Å². The molecule has 0 spiro atoms. The zero-order chi connectivity index (χ0) is 18.9. The summed E-state index contributed by atoms with van der Waals surface area (Å²) in [5.74, 6) is 1.06. The Hall–Kier alpha value is -2.51. The standard InChI is InChI=1S/C18H17ClN2O4S/c1-11-8-13(17-9-12(2)20-25-17)4-7-18(11)26(22,23)21-14-5-6-16(24-3)15(19)10-14/h4-10,21H,1-3H3. The molecule has 1 N–H and O–H groups in total. The molecule has 0 saturated heterocycles. The van der Waals surface area contributed by atoms with E-state index in [-0.39, 0.29) is 4.90 Å². The average molecular weight is 393 g/mol. The van der Waals surface area contributed by atoms with E-state index < -0.39 is 10.0 Å². The normalized spacial score (nSPS) is 11.4. The number of nitrogens with one attached hydrogen (secondary N) is 1. The molecule has 0 bridgehead atoms. The van der Waals surface area contributed by atoms with Crippen LogP contribution in [0.4, 0.5) is 5.69 Å². The molecule has 0 amide bonds. The highest BCUT2D eigenvalue weighted by molar-refractivity contribution is 7.92. The minimum atomic E-state index is -3.77. The third kappa shape index (κ3) is 3.68. The molecular formula is C18H17ClN2O4S. The molecule has 1 aromatic heterocycles. The molecule has 0 aliphatic carbocycles. The van der Waals surface area contributed by atoms with E-state index in [2.05, 4.69) is 9.88 Å². The molecule has 0 aliphatic heterocycles. The summed E-state index contributed by atoms with van der Waals surface area (Å²) >= 11 is 6.05. The van der Waals surface area contributed by atoms with E-state index in [1.807, 2.05) is 6.92 Å². The van der Waals surface area contributed by atoms with Crippen LogP contribution in [-0.2, 0) is 10.0 Å². The van der Waals surface area contributed by atoms with E-state index in [9.17, 15) is 8.42 Å². The molecule has 2 aromatic carbocycles. The maximum atomic E-state index is 12.7. The van der Waals surface area contributed by atoms with Crippen LogP contribution in [0, 0.1) is 13.8 Å². The van der Waals surface area contributed by atoms with Gasteiger partial charge in [0.05, 0.1) is 28.4 Å². The lowest BCUT2D eigenvalue weighted by atomic mass is 10.1. The number of anilines is 1. The van der Waals surface area contributed by atoms with Gasteiger partial charge in [0.25, 0.3) is 10.0 Å². The number of rotatable bonds is 5. The summed E-state index contributed by atoms with van der Waals surface area (Å²) in [7, 11) is -2.28. The third-order valence-corrected chi connectivity index (χ3v) is 5.62. The molecular weight excluding hydrogens is 376 g/mol. The molecule has 136 valence electrons. The number of aromatic nitrogens is 1. The summed E-state index contributed by atoms with van der Waals surface area (Å²) in [6.07, 6.45) is 0. The van der Waals surface area contributed by atoms with Gasteiger partial charge in [0.2, 0.25) is 0 Å². The van der Waals surface area contributed by atoms with Crippen molar-refractivity contribution in [2.24, 2.45) is 0 Å². The molecule has 1 heterocycles. The molecule has 0 aliphatic rings. The van der Waals surface area contributed by atoms with Crippen LogP contribution < -0.4 is 9.46 Å². The summed E-state index contributed by atoms with van der Waals surface area (Å²) in [5.41, 5.74) is 2.45. The van der Waals surface area contributed by atoms with Gasteiger partial charge in [-0.15, -0.1) is 0 Å². The molecule has 3 aromatic rings. The minimum absolute atomic E-state index is 0.171. The number of benzene rings is 2. The zero-order valence-electron chi connectivity index (χ0n) is 14.4. The van der Waals surface area contributed by atoms with Crippen molar-refractivity contribution in [1.29, 1.82) is 0 Å². The van der Waals surface area contributed by atoms with Crippen LogP contribution in [-0.4, -0.2) is 20.7 Å². The first kappa shape index (κ1) is 18.3. The van der Waals surface area contributed by atoms with Crippen molar-refractivity contribution in [3.05, 3.63) is 58.7 Å². The summed E-state index contributed by atoms with van der Waals surface area (Å²) in [4.78, 5) is 0.171. The number of ether oxygens (including phenoxy) is 1. The Balaban J connectivity index is 1.90. The Morgan fingerprint density at radius 1 is 1.12 bits per heavy atom. The number of aryl methyl sites for hydroxylation is 2. The third-order valence-electron chi connectivity index (χ3n) is 3.78. The topological polar surface area (TPSA) is 81.4 Å². The van der Waals surface area contributed by atoms with E-state index in [4.69, 9.17) is 20.9 Å². The first-order valence-corrected chi connectivity index (χ1v) is 9.57. The highest BCUT2D eigenvalue weighted by Gasteiger charge is 2.19. The Morgan fingerprint density at radius 3 is 2.46 bits per heavy atom. The number of hydrogen-bond donors (Lipinski definition) is 1. The zero-order valence-corrected chi connectivity index (χ0v) is 16.0. The monoisotopic (exact) mass is 392 g/mol. The maximum absolute atomic E-state index is 12.7. The molecule has 6 nitrogen and oxygen atoms in total. The summed E-state index contributed by atoms with van der Waals surface area (Å²) in [5, 5.41) is 4.16. The van der Waals surface area contributed by atoms with E-state index in [1.165, 1.54) is 19.2 Å². The lowest BCUT2D eigenvalue weighted by molar-refractivity contribution is 0.415. The van der Waals surface area contributed by atoms with Crippen LogP contribution in [0.5, 0.6) is 5.75 Å². The van der Waals surface area contributed by atoms with E-state index in [1.54, 1.807) is 37.3 Å². The van der Waals surface area contributed by atoms with Gasteiger partial charge in [-0.3, -0.25) is 4.72 Å². The van der Waals surface area contributed by atoms with Crippen LogP contribution in [0.25, 0.3) is 11.3 Å². The highest BCUT2D eigenvalue weighted by Crippen LogP contribution is 2.30. The van der Waals surface area contributed by atoms with Gasteiger partial charge in [0.1, 0.15) is 5.75 Å². The maximum Gasteiger partial charge on any atom is 0.262 e. The highest BCUT2D eigenvalue weighted by atomic mass is 35.5. The first-order chi connectivity index (χ1) is 12.3. The summed E-state index contributed by atoms with van der Waals surface area (Å²) < 4.78 is 38.3. The van der Waals surface area contributed by atoms with Crippen molar-refractivity contribution in [3.8, 4) is 17.1 Å². The van der Waals surface area contributed by atoms with Gasteiger partial charge >= 0.3 is 0 Å². The average Bonchev–Trinajstić information content (AvgIpc) is 3.01. The quantitative estimate of drug-likeness (QED) is 0.695. The predicted molar refractivity (Wildman–Crippen MR) is 100 cm³/mol. The van der Waals surface area contributed by atoms with Crippen LogP contribution >= 0.6 is 11.6 Å². The lowest BCUT2D eigenvalue weighted by Gasteiger charge is -2.12. The number of sulfonamides is 1. The van der Waals surface area contributed by atoms with Crippen LogP contribution in [0.1, 0.15) is 11.3 Å². The van der Waals surface area contributed by atoms with Gasteiger partial charge in [-0.25, -0.2) is 8.42 Å². The molecule has 0 unspecified atom stereocenters. The second-order valence-electron chi connectivity index (χ2n) is 5.77. The summed E-state index contributed by atoms with van der Waals surface area (Å²) in [6, 6.07) is 11.4. The minimum Gasteiger partial charge on any atom is -0.495 e. The largest absolute Gasteiger partial charge is 0.495 e. The molecule has 0 atom stereocenters. The Morgan fingerprint density at radius 2 is 1.88 bits per heavy atom. The number of hydrogen-bond acceptors (Lipinski definition) is 5. The molecule has 3 rings (SSSR count). The fourth-order valence-corrected chi connectivity index (χ4v) is 4.08. The van der Waals surface area contributed by atoms with Crippen molar-refractivity contribution in [2.75, 3.05) is 11.8 Å².